The molecule has 2 fully saturated rings. The molecule has 5 heteroatoms. The molecule has 0 spiro atoms. The average Bonchev–Trinajstić information content (AvgIpc) is 2.38. The van der Waals surface area contributed by atoms with Crippen molar-refractivity contribution >= 4 is 10.0 Å². The minimum absolute atomic E-state index is 0.504. The van der Waals surface area contributed by atoms with Crippen LogP contribution in [0.5, 0.6) is 0 Å². The molecule has 0 aromatic rings. The highest BCUT2D eigenvalue weighted by atomic mass is 32.2. The first-order valence-electron chi connectivity index (χ1n) is 8.07. The zero-order chi connectivity index (χ0) is 14.8. The summed E-state index contributed by atoms with van der Waals surface area (Å²) in [6.07, 6.45) is 8.52. The lowest BCUT2D eigenvalue weighted by atomic mass is 9.79. The molecule has 0 aromatic heterocycles. The lowest BCUT2D eigenvalue weighted by molar-refractivity contribution is 0.199. The predicted molar refractivity (Wildman–Crippen MR) is 83.2 cm³/mol. The molecule has 20 heavy (non-hydrogen) atoms. The van der Waals surface area contributed by atoms with Crippen LogP contribution in [-0.4, -0.2) is 44.2 Å². The zero-order valence-corrected chi connectivity index (χ0v) is 14.0. The molecule has 118 valence electrons. The number of nitrogens with one attached hydrogen (secondary N) is 1. The summed E-state index contributed by atoms with van der Waals surface area (Å²) in [6.45, 7) is 6.02. The van der Waals surface area contributed by atoms with E-state index in [0.717, 1.165) is 24.7 Å². The summed E-state index contributed by atoms with van der Waals surface area (Å²) in [5, 5.41) is 3.79. The standard InChI is InChI=1S/C15H30N2O2S/c1-12(2)13-5-4-6-15(11-13)16-14-7-9-17(10-8-14)20(3,18)19/h12-16H,4-11H2,1-3H3. The summed E-state index contributed by atoms with van der Waals surface area (Å²) in [5.41, 5.74) is 0. The summed E-state index contributed by atoms with van der Waals surface area (Å²) < 4.78 is 24.6. The van der Waals surface area contributed by atoms with Crippen molar-refractivity contribution in [3.63, 3.8) is 0 Å². The van der Waals surface area contributed by atoms with Gasteiger partial charge in [-0.15, -0.1) is 0 Å². The normalized spacial score (nSPS) is 30.8. The molecule has 2 atom stereocenters. The first-order valence-corrected chi connectivity index (χ1v) is 9.92. The van der Waals surface area contributed by atoms with Crippen molar-refractivity contribution in [2.75, 3.05) is 19.3 Å². The van der Waals surface area contributed by atoms with Gasteiger partial charge in [0.05, 0.1) is 6.26 Å². The van der Waals surface area contributed by atoms with E-state index in [1.54, 1.807) is 4.31 Å². The van der Waals surface area contributed by atoms with Gasteiger partial charge in [0.2, 0.25) is 10.0 Å². The Bertz CT molecular complexity index is 400. The first-order chi connectivity index (χ1) is 9.36. The molecule has 0 radical (unpaired) electrons. The van der Waals surface area contributed by atoms with E-state index >= 15 is 0 Å². The second-order valence-electron chi connectivity index (χ2n) is 6.97. The van der Waals surface area contributed by atoms with Gasteiger partial charge >= 0.3 is 0 Å². The monoisotopic (exact) mass is 302 g/mol. The van der Waals surface area contributed by atoms with Crippen LogP contribution in [0.25, 0.3) is 0 Å². The highest BCUT2D eigenvalue weighted by molar-refractivity contribution is 7.88. The van der Waals surface area contributed by atoms with E-state index < -0.39 is 10.0 Å². The summed E-state index contributed by atoms with van der Waals surface area (Å²) in [5.74, 6) is 1.64. The van der Waals surface area contributed by atoms with Gasteiger partial charge in [-0.3, -0.25) is 0 Å². The van der Waals surface area contributed by atoms with Gasteiger partial charge in [-0.05, 0) is 37.5 Å². The van der Waals surface area contributed by atoms with Gasteiger partial charge < -0.3 is 5.32 Å². The van der Waals surface area contributed by atoms with Crippen molar-refractivity contribution in [2.24, 2.45) is 11.8 Å². The highest BCUT2D eigenvalue weighted by Crippen LogP contribution is 2.30. The van der Waals surface area contributed by atoms with Crippen molar-refractivity contribution in [1.29, 1.82) is 0 Å². The molecule has 0 aromatic carbocycles. The van der Waals surface area contributed by atoms with Gasteiger partial charge in [-0.1, -0.05) is 26.7 Å². The van der Waals surface area contributed by atoms with E-state index in [-0.39, 0.29) is 0 Å². The SMILES string of the molecule is CC(C)C1CCCC(NC2CCN(S(C)(=O)=O)CC2)C1. The largest absolute Gasteiger partial charge is 0.311 e. The van der Waals surface area contributed by atoms with Crippen LogP contribution in [0.15, 0.2) is 0 Å². The minimum Gasteiger partial charge on any atom is -0.311 e. The fourth-order valence-corrected chi connectivity index (χ4v) is 4.55. The van der Waals surface area contributed by atoms with Gasteiger partial charge in [0, 0.05) is 25.2 Å². The maximum Gasteiger partial charge on any atom is 0.211 e. The Kier molecular flexibility index (Phi) is 5.49. The Labute approximate surface area is 124 Å². The van der Waals surface area contributed by atoms with Gasteiger partial charge in [-0.25, -0.2) is 12.7 Å². The Balaban J connectivity index is 1.78. The number of piperidine rings is 1. The molecule has 1 N–H and O–H groups in total. The number of nitrogens with zero attached hydrogens (tertiary/aromatic N) is 1. The van der Waals surface area contributed by atoms with Crippen molar-refractivity contribution in [3.8, 4) is 0 Å². The number of hydrogen-bond donors (Lipinski definition) is 1. The Hall–Kier alpha value is -0.130. The fraction of sp³-hybridized carbons (Fsp3) is 1.00. The maximum atomic E-state index is 11.5. The zero-order valence-electron chi connectivity index (χ0n) is 13.1. The molecule has 1 saturated carbocycles. The van der Waals surface area contributed by atoms with Gasteiger partial charge in [0.1, 0.15) is 0 Å². The predicted octanol–water partition coefficient (Wildman–Crippen LogP) is 2.21. The van der Waals surface area contributed by atoms with Crippen LogP contribution in [0, 0.1) is 11.8 Å². The maximum absolute atomic E-state index is 11.5. The molecule has 2 aliphatic rings. The molecule has 1 heterocycles. The summed E-state index contributed by atoms with van der Waals surface area (Å²) in [7, 11) is -3.00. The Morgan fingerprint density at radius 3 is 2.25 bits per heavy atom. The van der Waals surface area contributed by atoms with Crippen LogP contribution in [0.1, 0.15) is 52.4 Å². The Morgan fingerprint density at radius 1 is 1.05 bits per heavy atom. The second kappa shape index (κ2) is 6.75. The lowest BCUT2D eigenvalue weighted by Gasteiger charge is -2.37. The van der Waals surface area contributed by atoms with Crippen molar-refractivity contribution in [3.05, 3.63) is 0 Å². The van der Waals surface area contributed by atoms with Crippen LogP contribution in [-0.2, 0) is 10.0 Å². The molecular formula is C15H30N2O2S. The Morgan fingerprint density at radius 2 is 1.70 bits per heavy atom. The van der Waals surface area contributed by atoms with E-state index in [1.165, 1.54) is 31.9 Å². The van der Waals surface area contributed by atoms with E-state index in [0.29, 0.717) is 25.2 Å². The fourth-order valence-electron chi connectivity index (χ4n) is 3.67. The third kappa shape index (κ3) is 4.43. The molecule has 1 aliphatic carbocycles. The summed E-state index contributed by atoms with van der Waals surface area (Å²) in [4.78, 5) is 0. The summed E-state index contributed by atoms with van der Waals surface area (Å²) >= 11 is 0. The molecule has 2 rings (SSSR count). The van der Waals surface area contributed by atoms with Crippen LogP contribution >= 0.6 is 0 Å². The van der Waals surface area contributed by atoms with E-state index in [2.05, 4.69) is 19.2 Å². The van der Waals surface area contributed by atoms with Gasteiger partial charge in [0.25, 0.3) is 0 Å². The van der Waals surface area contributed by atoms with Crippen LogP contribution < -0.4 is 5.32 Å². The highest BCUT2D eigenvalue weighted by Gasteiger charge is 2.29. The molecular weight excluding hydrogens is 272 g/mol. The first kappa shape index (κ1) is 16.2. The van der Waals surface area contributed by atoms with Gasteiger partial charge in [0.15, 0.2) is 0 Å². The topological polar surface area (TPSA) is 49.4 Å². The summed E-state index contributed by atoms with van der Waals surface area (Å²) in [6, 6.07) is 1.15. The second-order valence-corrected chi connectivity index (χ2v) is 8.95. The quantitative estimate of drug-likeness (QED) is 0.866. The van der Waals surface area contributed by atoms with E-state index in [1.807, 2.05) is 0 Å². The third-order valence-corrected chi connectivity index (χ3v) is 6.36. The molecule has 1 aliphatic heterocycles. The van der Waals surface area contributed by atoms with E-state index in [4.69, 9.17) is 0 Å². The smallest absolute Gasteiger partial charge is 0.211 e. The van der Waals surface area contributed by atoms with Crippen molar-refractivity contribution < 1.29 is 8.42 Å². The van der Waals surface area contributed by atoms with Crippen LogP contribution in [0.2, 0.25) is 0 Å². The number of sulfonamides is 1. The average molecular weight is 302 g/mol. The molecule has 4 nitrogen and oxygen atoms in total. The number of hydrogen-bond acceptors (Lipinski definition) is 3. The number of rotatable bonds is 4. The van der Waals surface area contributed by atoms with Crippen LogP contribution in [0.4, 0.5) is 0 Å². The van der Waals surface area contributed by atoms with E-state index in [9.17, 15) is 8.42 Å². The molecule has 2 unspecified atom stereocenters. The third-order valence-electron chi connectivity index (χ3n) is 5.05. The van der Waals surface area contributed by atoms with Crippen molar-refractivity contribution in [1.82, 2.24) is 9.62 Å². The molecule has 1 saturated heterocycles. The minimum atomic E-state index is -3.00. The van der Waals surface area contributed by atoms with Crippen molar-refractivity contribution in [2.45, 2.75) is 64.5 Å². The van der Waals surface area contributed by atoms with Gasteiger partial charge in [-0.2, -0.15) is 0 Å². The molecule has 0 amide bonds. The molecule has 0 bridgehead atoms. The lowest BCUT2D eigenvalue weighted by Crippen LogP contribution is -2.48. The van der Waals surface area contributed by atoms with Crippen LogP contribution in [0.3, 0.4) is 0 Å².